The summed E-state index contributed by atoms with van der Waals surface area (Å²) in [5, 5.41) is 8.52. The number of unbranched alkanes of at least 4 members (excludes halogenated alkanes) is 1. The van der Waals surface area contributed by atoms with Crippen molar-refractivity contribution in [2.75, 3.05) is 12.3 Å². The lowest BCUT2D eigenvalue weighted by molar-refractivity contribution is 0.311. The molecule has 0 fully saturated rings. The molecular formula is C16H18N4O. The van der Waals surface area contributed by atoms with Crippen LogP contribution in [0.2, 0.25) is 0 Å². The minimum Gasteiger partial charge on any atom is -0.490 e. The third kappa shape index (κ3) is 2.67. The highest BCUT2D eigenvalue weighted by Crippen LogP contribution is 2.24. The fourth-order valence-corrected chi connectivity index (χ4v) is 2.21. The van der Waals surface area contributed by atoms with Gasteiger partial charge in [0.15, 0.2) is 11.6 Å². The zero-order valence-corrected chi connectivity index (χ0v) is 12.0. The topological polar surface area (TPSA) is 65.4 Å². The predicted molar refractivity (Wildman–Crippen MR) is 83.2 cm³/mol. The van der Waals surface area contributed by atoms with Crippen LogP contribution in [-0.2, 0) is 0 Å². The number of rotatable bonds is 5. The smallest absolute Gasteiger partial charge is 0.203 e. The summed E-state index contributed by atoms with van der Waals surface area (Å²) in [4.78, 5) is 0. The van der Waals surface area contributed by atoms with Gasteiger partial charge in [0.25, 0.3) is 0 Å². The molecule has 0 radical (unpaired) electrons. The molecule has 0 aliphatic rings. The molecule has 0 atom stereocenters. The van der Waals surface area contributed by atoms with E-state index < -0.39 is 0 Å². The molecule has 0 spiro atoms. The Balaban J connectivity index is 2.01. The molecule has 3 aromatic rings. The van der Waals surface area contributed by atoms with Gasteiger partial charge in [-0.1, -0.05) is 25.5 Å². The van der Waals surface area contributed by atoms with Gasteiger partial charge in [0.05, 0.1) is 6.61 Å². The number of ether oxygens (including phenoxy) is 1. The van der Waals surface area contributed by atoms with E-state index in [1.165, 1.54) is 0 Å². The highest BCUT2D eigenvalue weighted by atomic mass is 16.5. The van der Waals surface area contributed by atoms with Gasteiger partial charge < -0.3 is 10.5 Å². The van der Waals surface area contributed by atoms with Crippen LogP contribution in [0.3, 0.4) is 0 Å². The average Bonchev–Trinajstić information content (AvgIpc) is 2.92. The van der Waals surface area contributed by atoms with Gasteiger partial charge >= 0.3 is 0 Å². The molecule has 1 aromatic carbocycles. The van der Waals surface area contributed by atoms with Crippen molar-refractivity contribution in [2.24, 2.45) is 0 Å². The number of benzene rings is 1. The van der Waals surface area contributed by atoms with Gasteiger partial charge in [0.2, 0.25) is 5.65 Å². The van der Waals surface area contributed by atoms with Crippen molar-refractivity contribution in [2.45, 2.75) is 19.8 Å². The summed E-state index contributed by atoms with van der Waals surface area (Å²) in [5.74, 6) is 1.52. The van der Waals surface area contributed by atoms with Crippen molar-refractivity contribution in [3.8, 4) is 17.1 Å². The van der Waals surface area contributed by atoms with Crippen molar-refractivity contribution in [1.82, 2.24) is 14.6 Å². The lowest BCUT2D eigenvalue weighted by Crippen LogP contribution is -1.99. The van der Waals surface area contributed by atoms with Crippen LogP contribution in [-0.4, -0.2) is 21.2 Å². The van der Waals surface area contributed by atoms with Crippen molar-refractivity contribution in [3.05, 3.63) is 42.6 Å². The van der Waals surface area contributed by atoms with E-state index in [-0.39, 0.29) is 0 Å². The third-order valence-electron chi connectivity index (χ3n) is 3.30. The van der Waals surface area contributed by atoms with E-state index in [9.17, 15) is 0 Å². The van der Waals surface area contributed by atoms with Gasteiger partial charge in [-0.25, -0.2) is 0 Å². The molecule has 0 aliphatic heterocycles. The molecule has 0 bridgehead atoms. The number of hydrogen-bond donors (Lipinski definition) is 1. The Morgan fingerprint density at radius 1 is 1.19 bits per heavy atom. The van der Waals surface area contributed by atoms with E-state index in [4.69, 9.17) is 10.5 Å². The molecule has 2 N–H and O–H groups in total. The first-order valence-electron chi connectivity index (χ1n) is 7.12. The predicted octanol–water partition coefficient (Wildman–Crippen LogP) is 3.16. The lowest BCUT2D eigenvalue weighted by atomic mass is 10.2. The van der Waals surface area contributed by atoms with Gasteiger partial charge in [-0.15, -0.1) is 10.2 Å². The number of anilines is 1. The molecule has 108 valence electrons. The summed E-state index contributed by atoms with van der Waals surface area (Å²) in [6, 6.07) is 11.5. The minimum atomic E-state index is 0.691. The molecule has 5 nitrogen and oxygen atoms in total. The second-order valence-electron chi connectivity index (χ2n) is 4.92. The standard InChI is InChI=1S/C16H18N4O/c1-2-3-10-21-14-8-5-9-20-15(18-19-16(14)20)12-6-4-7-13(17)11-12/h4-9,11H,2-3,10,17H2,1H3. The van der Waals surface area contributed by atoms with E-state index >= 15 is 0 Å². The van der Waals surface area contributed by atoms with Crippen LogP contribution in [0.4, 0.5) is 5.69 Å². The van der Waals surface area contributed by atoms with Crippen LogP contribution in [0.25, 0.3) is 17.0 Å². The van der Waals surface area contributed by atoms with Crippen LogP contribution < -0.4 is 10.5 Å². The number of nitrogens with zero attached hydrogens (tertiary/aromatic N) is 3. The summed E-state index contributed by atoms with van der Waals surface area (Å²) in [7, 11) is 0. The minimum absolute atomic E-state index is 0.691. The zero-order valence-electron chi connectivity index (χ0n) is 12.0. The molecule has 0 amide bonds. The van der Waals surface area contributed by atoms with Crippen molar-refractivity contribution in [3.63, 3.8) is 0 Å². The average molecular weight is 282 g/mol. The highest BCUT2D eigenvalue weighted by molar-refractivity contribution is 5.66. The number of nitrogens with two attached hydrogens (primary N) is 1. The normalized spacial score (nSPS) is 10.9. The van der Waals surface area contributed by atoms with Crippen LogP contribution >= 0.6 is 0 Å². The Morgan fingerprint density at radius 2 is 2.10 bits per heavy atom. The largest absolute Gasteiger partial charge is 0.490 e. The van der Waals surface area contributed by atoms with Crippen LogP contribution in [0.1, 0.15) is 19.8 Å². The molecule has 21 heavy (non-hydrogen) atoms. The first-order chi connectivity index (χ1) is 10.3. The zero-order chi connectivity index (χ0) is 14.7. The summed E-state index contributed by atoms with van der Waals surface area (Å²) >= 11 is 0. The fourth-order valence-electron chi connectivity index (χ4n) is 2.21. The molecule has 0 unspecified atom stereocenters. The maximum atomic E-state index is 5.84. The first kappa shape index (κ1) is 13.4. The molecule has 0 aliphatic carbocycles. The van der Waals surface area contributed by atoms with Crippen LogP contribution in [0.5, 0.6) is 5.75 Å². The van der Waals surface area contributed by atoms with Crippen molar-refractivity contribution >= 4 is 11.3 Å². The second-order valence-corrected chi connectivity index (χ2v) is 4.92. The third-order valence-corrected chi connectivity index (χ3v) is 3.30. The van der Waals surface area contributed by atoms with Crippen LogP contribution in [0, 0.1) is 0 Å². The lowest BCUT2D eigenvalue weighted by Gasteiger charge is -2.06. The number of pyridine rings is 1. The first-order valence-corrected chi connectivity index (χ1v) is 7.12. The van der Waals surface area contributed by atoms with Gasteiger partial charge in [0, 0.05) is 17.4 Å². The molecule has 0 saturated heterocycles. The Hall–Kier alpha value is -2.56. The van der Waals surface area contributed by atoms with Gasteiger partial charge in [-0.05, 0) is 30.7 Å². The SMILES string of the molecule is CCCCOc1cccn2c(-c3cccc(N)c3)nnc12. The maximum absolute atomic E-state index is 5.84. The Labute approximate surface area is 123 Å². The number of nitrogen functional groups attached to an aromatic ring is 1. The molecule has 5 heteroatoms. The van der Waals surface area contributed by atoms with Gasteiger partial charge in [-0.2, -0.15) is 0 Å². The Kier molecular flexibility index (Phi) is 3.73. The van der Waals surface area contributed by atoms with Crippen LogP contribution in [0.15, 0.2) is 42.6 Å². The molecule has 3 rings (SSSR count). The summed E-state index contributed by atoms with van der Waals surface area (Å²) in [6.45, 7) is 2.83. The number of hydrogen-bond acceptors (Lipinski definition) is 4. The highest BCUT2D eigenvalue weighted by Gasteiger charge is 2.11. The molecular weight excluding hydrogens is 264 g/mol. The number of fused-ring (bicyclic) bond motifs is 1. The number of aromatic nitrogens is 3. The van der Waals surface area contributed by atoms with Crippen molar-refractivity contribution < 1.29 is 4.74 Å². The molecule has 2 aromatic heterocycles. The molecule has 0 saturated carbocycles. The second kappa shape index (κ2) is 5.83. The summed E-state index contributed by atoms with van der Waals surface area (Å²) in [6.07, 6.45) is 4.06. The van der Waals surface area contributed by atoms with E-state index in [0.717, 1.165) is 35.6 Å². The fraction of sp³-hybridized carbons (Fsp3) is 0.250. The summed E-state index contributed by atoms with van der Waals surface area (Å²) in [5.41, 5.74) is 8.21. The van der Waals surface area contributed by atoms with Gasteiger partial charge in [0.1, 0.15) is 0 Å². The summed E-state index contributed by atoms with van der Waals surface area (Å²) < 4.78 is 7.71. The quantitative estimate of drug-likeness (QED) is 0.576. The Morgan fingerprint density at radius 3 is 2.90 bits per heavy atom. The van der Waals surface area contributed by atoms with Crippen molar-refractivity contribution in [1.29, 1.82) is 0 Å². The van der Waals surface area contributed by atoms with E-state index in [1.54, 1.807) is 0 Å². The Bertz CT molecular complexity index is 751. The maximum Gasteiger partial charge on any atom is 0.203 e. The molecule has 2 heterocycles. The monoisotopic (exact) mass is 282 g/mol. The van der Waals surface area contributed by atoms with E-state index in [0.29, 0.717) is 12.3 Å². The van der Waals surface area contributed by atoms with E-state index in [2.05, 4.69) is 17.1 Å². The van der Waals surface area contributed by atoms with E-state index in [1.807, 2.05) is 47.0 Å². The van der Waals surface area contributed by atoms with Gasteiger partial charge in [-0.3, -0.25) is 4.40 Å².